The van der Waals surface area contributed by atoms with Gasteiger partial charge in [0.05, 0.1) is 30.7 Å². The summed E-state index contributed by atoms with van der Waals surface area (Å²) < 4.78 is 0. The van der Waals surface area contributed by atoms with E-state index in [1.165, 1.54) is 11.3 Å². The van der Waals surface area contributed by atoms with E-state index < -0.39 is 24.7 Å². The van der Waals surface area contributed by atoms with Crippen molar-refractivity contribution < 1.29 is 30.0 Å². The van der Waals surface area contributed by atoms with E-state index in [9.17, 15) is 30.0 Å². The average molecular weight is 512 g/mol. The van der Waals surface area contributed by atoms with Crippen LogP contribution in [-0.4, -0.2) is 56.0 Å². The van der Waals surface area contributed by atoms with Gasteiger partial charge in [-0.05, 0) is 48.6 Å². The van der Waals surface area contributed by atoms with Gasteiger partial charge in [-0.2, -0.15) is 0 Å². The molecule has 1 atom stereocenters. The van der Waals surface area contributed by atoms with E-state index in [1.54, 1.807) is 28.5 Å². The topological polar surface area (TPSA) is 157 Å². The highest BCUT2D eigenvalue weighted by atomic mass is 32.1. The SMILES string of the molecule is NC(=O)c1csc(CCc2ccc(N3C(=O)CC3c3cc(CCC(O)(CO)CO)ccc3O)cc2)n1. The fourth-order valence-electron chi connectivity index (χ4n) is 4.21. The molecule has 0 saturated carbocycles. The summed E-state index contributed by atoms with van der Waals surface area (Å²) in [6.07, 6.45) is 2.21. The molecule has 1 unspecified atom stereocenters. The molecule has 0 bridgehead atoms. The molecule has 3 aromatic rings. The molecular formula is C26H29N3O6S. The minimum Gasteiger partial charge on any atom is -0.508 e. The van der Waals surface area contributed by atoms with Crippen LogP contribution in [0.3, 0.4) is 0 Å². The molecule has 0 aliphatic carbocycles. The Bertz CT molecular complexity index is 1240. The summed E-state index contributed by atoms with van der Waals surface area (Å²) in [7, 11) is 0. The molecule has 190 valence electrons. The first-order valence-corrected chi connectivity index (χ1v) is 12.5. The van der Waals surface area contributed by atoms with Gasteiger partial charge in [0.1, 0.15) is 17.0 Å². The summed E-state index contributed by atoms with van der Waals surface area (Å²) in [5.41, 5.74) is 7.18. The molecule has 0 radical (unpaired) electrons. The lowest BCUT2D eigenvalue weighted by molar-refractivity contribution is -0.124. The number of anilines is 1. The fraction of sp³-hybridized carbons (Fsp3) is 0.346. The number of aliphatic hydroxyl groups is 3. The maximum atomic E-state index is 12.5. The normalized spacial score (nSPS) is 15.7. The number of hydrogen-bond acceptors (Lipinski definition) is 8. The van der Waals surface area contributed by atoms with Crippen molar-refractivity contribution in [3.63, 3.8) is 0 Å². The van der Waals surface area contributed by atoms with Gasteiger partial charge in [-0.15, -0.1) is 11.3 Å². The van der Waals surface area contributed by atoms with E-state index >= 15 is 0 Å². The Balaban J connectivity index is 1.44. The van der Waals surface area contributed by atoms with Crippen LogP contribution < -0.4 is 10.6 Å². The zero-order chi connectivity index (χ0) is 25.9. The molecule has 0 spiro atoms. The number of primary amides is 1. The monoisotopic (exact) mass is 511 g/mol. The van der Waals surface area contributed by atoms with Gasteiger partial charge in [-0.1, -0.05) is 24.3 Å². The Morgan fingerprint density at radius 1 is 1.08 bits per heavy atom. The fourth-order valence-corrected chi connectivity index (χ4v) is 5.00. The van der Waals surface area contributed by atoms with Crippen LogP contribution in [0.25, 0.3) is 0 Å². The van der Waals surface area contributed by atoms with Crippen molar-refractivity contribution in [3.8, 4) is 5.75 Å². The molecule has 2 aromatic carbocycles. The smallest absolute Gasteiger partial charge is 0.268 e. The average Bonchev–Trinajstić information content (AvgIpc) is 3.36. The highest BCUT2D eigenvalue weighted by molar-refractivity contribution is 7.09. The van der Waals surface area contributed by atoms with Crippen molar-refractivity contribution in [2.75, 3.05) is 18.1 Å². The van der Waals surface area contributed by atoms with Crippen LogP contribution in [0.15, 0.2) is 47.8 Å². The van der Waals surface area contributed by atoms with Crippen molar-refractivity contribution >= 4 is 28.8 Å². The largest absolute Gasteiger partial charge is 0.508 e. The molecule has 1 aliphatic heterocycles. The van der Waals surface area contributed by atoms with Gasteiger partial charge >= 0.3 is 0 Å². The Kier molecular flexibility index (Phi) is 7.70. The number of carbonyl (C=O) groups is 2. The number of thiazole rings is 1. The van der Waals surface area contributed by atoms with E-state index in [2.05, 4.69) is 4.98 Å². The molecule has 9 nitrogen and oxygen atoms in total. The number of β-lactam (4-membered cyclic amide) rings is 1. The lowest BCUT2D eigenvalue weighted by Crippen LogP contribution is -2.46. The molecule has 1 fully saturated rings. The maximum Gasteiger partial charge on any atom is 0.268 e. The number of benzene rings is 2. The number of aryl methyl sites for hydroxylation is 3. The van der Waals surface area contributed by atoms with Gasteiger partial charge in [0, 0.05) is 23.1 Å². The van der Waals surface area contributed by atoms with Crippen LogP contribution in [0.5, 0.6) is 5.75 Å². The minimum absolute atomic E-state index is 0.0470. The van der Waals surface area contributed by atoms with Crippen molar-refractivity contribution in [2.24, 2.45) is 5.73 Å². The molecule has 1 aliphatic rings. The Hall–Kier alpha value is -3.31. The number of hydrogen-bond donors (Lipinski definition) is 5. The number of rotatable bonds is 11. The van der Waals surface area contributed by atoms with Crippen LogP contribution in [0.1, 0.15) is 51.1 Å². The molecule has 2 heterocycles. The predicted molar refractivity (Wildman–Crippen MR) is 135 cm³/mol. The standard InChI is InChI=1S/C26H29N3O6S/c27-25(34)20-13-36-23(28-20)8-4-16-1-5-18(6-2-16)29-21(12-24(29)33)19-11-17(3-7-22(19)32)9-10-26(35,14-30)15-31/h1-3,5-7,11,13,21,30-32,35H,4,8-10,12,14-15H2,(H2,27,34). The third-order valence-electron chi connectivity index (χ3n) is 6.51. The van der Waals surface area contributed by atoms with Gasteiger partial charge < -0.3 is 31.1 Å². The first kappa shape index (κ1) is 25.8. The summed E-state index contributed by atoms with van der Waals surface area (Å²) in [5.74, 6) is -0.505. The van der Waals surface area contributed by atoms with Crippen molar-refractivity contribution in [2.45, 2.75) is 43.7 Å². The second-order valence-corrected chi connectivity index (χ2v) is 10.0. The van der Waals surface area contributed by atoms with E-state index in [0.29, 0.717) is 18.4 Å². The summed E-state index contributed by atoms with van der Waals surface area (Å²) in [6.45, 7) is -1.10. The molecule has 1 aromatic heterocycles. The Morgan fingerprint density at radius 3 is 2.39 bits per heavy atom. The summed E-state index contributed by atoms with van der Waals surface area (Å²) >= 11 is 1.40. The van der Waals surface area contributed by atoms with Crippen LogP contribution in [0.2, 0.25) is 0 Å². The third-order valence-corrected chi connectivity index (χ3v) is 7.42. The first-order chi connectivity index (χ1) is 17.2. The predicted octanol–water partition coefficient (Wildman–Crippen LogP) is 1.86. The van der Waals surface area contributed by atoms with Gasteiger partial charge in [0.2, 0.25) is 5.91 Å². The van der Waals surface area contributed by atoms with E-state index in [1.807, 2.05) is 24.3 Å². The highest BCUT2D eigenvalue weighted by Gasteiger charge is 2.39. The van der Waals surface area contributed by atoms with Crippen LogP contribution >= 0.6 is 11.3 Å². The second-order valence-electron chi connectivity index (χ2n) is 9.07. The lowest BCUT2D eigenvalue weighted by Gasteiger charge is -2.41. The molecule has 6 N–H and O–H groups in total. The van der Waals surface area contributed by atoms with Crippen LogP contribution in [0, 0.1) is 0 Å². The minimum atomic E-state index is -1.57. The molecule has 4 rings (SSSR count). The molecule has 10 heteroatoms. The molecule has 1 saturated heterocycles. The lowest BCUT2D eigenvalue weighted by atomic mass is 9.89. The third kappa shape index (κ3) is 5.57. The number of aromatic nitrogens is 1. The van der Waals surface area contributed by atoms with E-state index in [0.717, 1.165) is 28.2 Å². The summed E-state index contributed by atoms with van der Waals surface area (Å²) in [4.78, 5) is 29.6. The maximum absolute atomic E-state index is 12.5. The molecule has 36 heavy (non-hydrogen) atoms. The van der Waals surface area contributed by atoms with Crippen molar-refractivity contribution in [3.05, 3.63) is 75.2 Å². The Labute approximate surface area is 212 Å². The molecule has 2 amide bonds. The van der Waals surface area contributed by atoms with E-state index in [-0.39, 0.29) is 36.2 Å². The second kappa shape index (κ2) is 10.8. The van der Waals surface area contributed by atoms with Crippen molar-refractivity contribution in [1.29, 1.82) is 0 Å². The summed E-state index contributed by atoms with van der Waals surface area (Å²) in [6, 6.07) is 12.4. The number of nitrogens with zero attached hydrogens (tertiary/aromatic N) is 2. The van der Waals surface area contributed by atoms with Crippen LogP contribution in [0.4, 0.5) is 5.69 Å². The number of aliphatic hydroxyl groups excluding tert-OH is 2. The van der Waals surface area contributed by atoms with Gasteiger partial charge in [-0.3, -0.25) is 9.59 Å². The zero-order valence-electron chi connectivity index (χ0n) is 19.6. The molecular weight excluding hydrogens is 482 g/mol. The number of aromatic hydroxyl groups is 1. The van der Waals surface area contributed by atoms with Crippen molar-refractivity contribution in [1.82, 2.24) is 4.98 Å². The van der Waals surface area contributed by atoms with Gasteiger partial charge in [0.25, 0.3) is 5.91 Å². The van der Waals surface area contributed by atoms with Gasteiger partial charge in [-0.25, -0.2) is 4.98 Å². The van der Waals surface area contributed by atoms with Crippen LogP contribution in [-0.2, 0) is 24.1 Å². The quantitative estimate of drug-likeness (QED) is 0.246. The number of phenolic OH excluding ortho intramolecular Hbond substituents is 1. The number of amides is 2. The van der Waals surface area contributed by atoms with E-state index in [4.69, 9.17) is 5.73 Å². The first-order valence-electron chi connectivity index (χ1n) is 11.6. The zero-order valence-corrected chi connectivity index (χ0v) is 20.4. The Morgan fingerprint density at radius 2 is 1.78 bits per heavy atom. The van der Waals surface area contributed by atoms with Gasteiger partial charge in [0.15, 0.2) is 0 Å². The number of carbonyl (C=O) groups excluding carboxylic acids is 2. The highest BCUT2D eigenvalue weighted by Crippen LogP contribution is 2.42. The number of nitrogens with two attached hydrogens (primary N) is 1. The summed E-state index contributed by atoms with van der Waals surface area (Å²) in [5, 5.41) is 41.7. The number of phenols is 1.